The van der Waals surface area contributed by atoms with Crippen molar-refractivity contribution in [3.63, 3.8) is 0 Å². The van der Waals surface area contributed by atoms with Crippen LogP contribution in [0.15, 0.2) is 36.4 Å². The van der Waals surface area contributed by atoms with Gasteiger partial charge >= 0.3 is 0 Å². The van der Waals surface area contributed by atoms with E-state index in [1.807, 2.05) is 0 Å². The molecule has 0 radical (unpaired) electrons. The van der Waals surface area contributed by atoms with Gasteiger partial charge in [0.25, 0.3) is 0 Å². The van der Waals surface area contributed by atoms with Gasteiger partial charge < -0.3 is 5.32 Å². The van der Waals surface area contributed by atoms with Gasteiger partial charge in [-0.15, -0.1) is 0 Å². The van der Waals surface area contributed by atoms with Crippen LogP contribution in [-0.2, 0) is 0 Å². The lowest BCUT2D eigenvalue weighted by Crippen LogP contribution is -2.45. The number of hydrogen-bond acceptors (Lipinski definition) is 3. The maximum Gasteiger partial charge on any atom is 0.0706 e. The van der Waals surface area contributed by atoms with Gasteiger partial charge in [0, 0.05) is 31.6 Å². The van der Waals surface area contributed by atoms with Crippen LogP contribution in [0, 0.1) is 0 Å². The Bertz CT molecular complexity index is 546. The van der Waals surface area contributed by atoms with Crippen LogP contribution in [0.1, 0.15) is 25.1 Å². The topological polar surface area (TPSA) is 28.2 Å². The molecule has 0 saturated carbocycles. The smallest absolute Gasteiger partial charge is 0.0706 e. The highest BCUT2D eigenvalue weighted by Gasteiger charge is 2.21. The normalized spacial score (nSPS) is 18.6. The van der Waals surface area contributed by atoms with Crippen LogP contribution in [-0.4, -0.2) is 36.1 Å². The van der Waals surface area contributed by atoms with Crippen LogP contribution in [0.4, 0.5) is 0 Å². The fourth-order valence-electron chi connectivity index (χ4n) is 2.92. The second kappa shape index (κ2) is 5.68. The standard InChI is InChI=1S/C16H21N3/c1-2-16(19-11-9-17-10-12-19)15-8-7-13-5-3-4-6-14(13)18-15/h3-8,16-17H,2,9-12H2,1H3/t16-/m0/s1. The molecule has 1 fully saturated rings. The van der Waals surface area contributed by atoms with Crippen molar-refractivity contribution >= 4 is 10.9 Å². The van der Waals surface area contributed by atoms with Gasteiger partial charge in [-0.1, -0.05) is 31.2 Å². The van der Waals surface area contributed by atoms with Gasteiger partial charge in [0.05, 0.1) is 17.3 Å². The molecule has 1 saturated heterocycles. The van der Waals surface area contributed by atoms with E-state index < -0.39 is 0 Å². The van der Waals surface area contributed by atoms with E-state index in [1.54, 1.807) is 0 Å². The summed E-state index contributed by atoms with van der Waals surface area (Å²) in [5.74, 6) is 0. The summed E-state index contributed by atoms with van der Waals surface area (Å²) >= 11 is 0. The first-order valence-corrected chi connectivity index (χ1v) is 7.19. The lowest BCUT2D eigenvalue weighted by Gasteiger charge is -2.34. The van der Waals surface area contributed by atoms with Crippen molar-refractivity contribution in [1.29, 1.82) is 0 Å². The number of aromatic nitrogens is 1. The number of nitrogens with zero attached hydrogens (tertiary/aromatic N) is 2. The lowest BCUT2D eigenvalue weighted by atomic mass is 10.1. The SMILES string of the molecule is CC[C@@H](c1ccc2ccccc2n1)N1CCNCC1. The Kier molecular flexibility index (Phi) is 3.76. The van der Waals surface area contributed by atoms with Crippen molar-refractivity contribution in [2.24, 2.45) is 0 Å². The quantitative estimate of drug-likeness (QED) is 0.913. The number of benzene rings is 1. The summed E-state index contributed by atoms with van der Waals surface area (Å²) in [6.07, 6.45) is 1.12. The van der Waals surface area contributed by atoms with E-state index in [0.717, 1.165) is 38.1 Å². The number of para-hydroxylation sites is 1. The zero-order valence-corrected chi connectivity index (χ0v) is 11.5. The molecule has 1 N–H and O–H groups in total. The molecular weight excluding hydrogens is 234 g/mol. The van der Waals surface area contributed by atoms with Crippen LogP contribution in [0.25, 0.3) is 10.9 Å². The first-order valence-electron chi connectivity index (χ1n) is 7.19. The van der Waals surface area contributed by atoms with Gasteiger partial charge in [-0.25, -0.2) is 0 Å². The molecule has 3 rings (SSSR count). The summed E-state index contributed by atoms with van der Waals surface area (Å²) in [6, 6.07) is 13.2. The number of rotatable bonds is 3. The van der Waals surface area contributed by atoms with Gasteiger partial charge in [-0.2, -0.15) is 0 Å². The minimum Gasteiger partial charge on any atom is -0.314 e. The molecule has 100 valence electrons. The summed E-state index contributed by atoms with van der Waals surface area (Å²) in [4.78, 5) is 7.41. The number of hydrogen-bond donors (Lipinski definition) is 1. The van der Waals surface area contributed by atoms with Crippen molar-refractivity contribution in [2.45, 2.75) is 19.4 Å². The van der Waals surface area contributed by atoms with Crippen molar-refractivity contribution in [2.75, 3.05) is 26.2 Å². The zero-order chi connectivity index (χ0) is 13.1. The average molecular weight is 255 g/mol. The van der Waals surface area contributed by atoms with E-state index in [4.69, 9.17) is 4.98 Å². The van der Waals surface area contributed by atoms with Gasteiger partial charge in [0.2, 0.25) is 0 Å². The molecule has 0 amide bonds. The third-order valence-corrected chi connectivity index (χ3v) is 3.94. The molecule has 0 unspecified atom stereocenters. The summed E-state index contributed by atoms with van der Waals surface area (Å²) < 4.78 is 0. The molecule has 0 spiro atoms. The molecule has 2 heterocycles. The summed E-state index contributed by atoms with van der Waals surface area (Å²) in [5.41, 5.74) is 2.32. The third-order valence-electron chi connectivity index (χ3n) is 3.94. The molecule has 1 aliphatic heterocycles. The maximum absolute atomic E-state index is 4.86. The Morgan fingerprint density at radius 1 is 1.16 bits per heavy atom. The molecule has 1 aromatic heterocycles. The Hall–Kier alpha value is -1.45. The third kappa shape index (κ3) is 2.62. The number of fused-ring (bicyclic) bond motifs is 1. The predicted octanol–water partition coefficient (Wildman–Crippen LogP) is 2.59. The van der Waals surface area contributed by atoms with Crippen molar-refractivity contribution in [3.05, 3.63) is 42.1 Å². The molecule has 0 aliphatic carbocycles. The fourth-order valence-corrected chi connectivity index (χ4v) is 2.92. The summed E-state index contributed by atoms with van der Waals surface area (Å²) in [7, 11) is 0. The molecule has 3 nitrogen and oxygen atoms in total. The highest BCUT2D eigenvalue weighted by molar-refractivity contribution is 5.78. The van der Waals surface area contributed by atoms with E-state index in [9.17, 15) is 0 Å². The second-order valence-corrected chi connectivity index (χ2v) is 5.14. The molecular formula is C16H21N3. The molecule has 2 aromatic rings. The van der Waals surface area contributed by atoms with Crippen LogP contribution in [0.5, 0.6) is 0 Å². The zero-order valence-electron chi connectivity index (χ0n) is 11.5. The molecule has 19 heavy (non-hydrogen) atoms. The van der Waals surface area contributed by atoms with E-state index in [1.165, 1.54) is 11.1 Å². The first-order chi connectivity index (χ1) is 9.38. The monoisotopic (exact) mass is 255 g/mol. The van der Waals surface area contributed by atoms with Gasteiger partial charge in [0.15, 0.2) is 0 Å². The van der Waals surface area contributed by atoms with Gasteiger partial charge in [-0.3, -0.25) is 9.88 Å². The molecule has 1 atom stereocenters. The molecule has 3 heteroatoms. The molecule has 1 aromatic carbocycles. The minimum absolute atomic E-state index is 0.451. The highest BCUT2D eigenvalue weighted by Crippen LogP contribution is 2.24. The number of pyridine rings is 1. The van der Waals surface area contributed by atoms with E-state index in [0.29, 0.717) is 6.04 Å². The van der Waals surface area contributed by atoms with Gasteiger partial charge in [-0.05, 0) is 18.6 Å². The Morgan fingerprint density at radius 3 is 2.74 bits per heavy atom. The van der Waals surface area contributed by atoms with Crippen LogP contribution >= 0.6 is 0 Å². The number of nitrogens with one attached hydrogen (secondary N) is 1. The largest absolute Gasteiger partial charge is 0.314 e. The van der Waals surface area contributed by atoms with E-state index in [-0.39, 0.29) is 0 Å². The van der Waals surface area contributed by atoms with E-state index >= 15 is 0 Å². The highest BCUT2D eigenvalue weighted by atomic mass is 15.2. The Morgan fingerprint density at radius 2 is 1.95 bits per heavy atom. The van der Waals surface area contributed by atoms with Crippen molar-refractivity contribution in [3.8, 4) is 0 Å². The van der Waals surface area contributed by atoms with Gasteiger partial charge in [0.1, 0.15) is 0 Å². The Balaban J connectivity index is 1.91. The summed E-state index contributed by atoms with van der Waals surface area (Å²) in [5, 5.41) is 4.64. The fraction of sp³-hybridized carbons (Fsp3) is 0.438. The lowest BCUT2D eigenvalue weighted by molar-refractivity contribution is 0.166. The van der Waals surface area contributed by atoms with E-state index in [2.05, 4.69) is 53.5 Å². The molecule has 0 bridgehead atoms. The minimum atomic E-state index is 0.451. The van der Waals surface area contributed by atoms with Crippen molar-refractivity contribution < 1.29 is 0 Å². The van der Waals surface area contributed by atoms with Crippen molar-refractivity contribution in [1.82, 2.24) is 15.2 Å². The van der Waals surface area contributed by atoms with Crippen LogP contribution < -0.4 is 5.32 Å². The second-order valence-electron chi connectivity index (χ2n) is 5.14. The number of piperazine rings is 1. The van der Waals surface area contributed by atoms with Crippen LogP contribution in [0.2, 0.25) is 0 Å². The predicted molar refractivity (Wildman–Crippen MR) is 79.2 cm³/mol. The first kappa shape index (κ1) is 12.6. The average Bonchev–Trinajstić information content (AvgIpc) is 2.49. The van der Waals surface area contributed by atoms with Crippen LogP contribution in [0.3, 0.4) is 0 Å². The maximum atomic E-state index is 4.86. The Labute approximate surface area is 114 Å². The molecule has 1 aliphatic rings. The summed E-state index contributed by atoms with van der Waals surface area (Å²) in [6.45, 7) is 6.66.